The molecule has 0 bridgehead atoms. The average molecular weight is 327 g/mol. The van der Waals surface area contributed by atoms with Crippen LogP contribution in [-0.4, -0.2) is 38.9 Å². The number of hydrogen-bond acceptors (Lipinski definition) is 6. The highest BCUT2D eigenvalue weighted by Gasteiger charge is 2.27. The summed E-state index contributed by atoms with van der Waals surface area (Å²) in [6.45, 7) is 4.68. The lowest BCUT2D eigenvalue weighted by Crippen LogP contribution is -2.38. The van der Waals surface area contributed by atoms with Gasteiger partial charge in [0, 0.05) is 36.4 Å². The summed E-state index contributed by atoms with van der Waals surface area (Å²) in [6.07, 6.45) is 4.51. The third-order valence-electron chi connectivity index (χ3n) is 4.75. The topological polar surface area (TPSA) is 73.1 Å². The van der Waals surface area contributed by atoms with E-state index >= 15 is 0 Å². The summed E-state index contributed by atoms with van der Waals surface area (Å²) >= 11 is 0. The second-order valence-corrected chi connectivity index (χ2v) is 6.45. The van der Waals surface area contributed by atoms with Crippen molar-refractivity contribution in [2.75, 3.05) is 18.1 Å². The summed E-state index contributed by atoms with van der Waals surface area (Å²) in [7, 11) is 0. The van der Waals surface area contributed by atoms with Gasteiger partial charge in [0.05, 0.1) is 31.5 Å². The number of aromatic nitrogens is 4. The Bertz CT molecular complexity index is 804. The zero-order valence-electron chi connectivity index (χ0n) is 13.8. The van der Waals surface area contributed by atoms with Crippen LogP contribution < -0.4 is 10.5 Å². The molecule has 126 valence electrons. The van der Waals surface area contributed by atoms with Gasteiger partial charge in [0.15, 0.2) is 0 Å². The Morgan fingerprint density at radius 1 is 1.33 bits per heavy atom. The number of hydrogen-bond donors (Lipinski definition) is 0. The smallest absolute Gasteiger partial charge is 0.267 e. The predicted octanol–water partition coefficient (Wildman–Crippen LogP) is 1.08. The van der Waals surface area contributed by atoms with E-state index in [-0.39, 0.29) is 11.6 Å². The van der Waals surface area contributed by atoms with Gasteiger partial charge >= 0.3 is 0 Å². The van der Waals surface area contributed by atoms with E-state index < -0.39 is 0 Å². The van der Waals surface area contributed by atoms with Crippen LogP contribution in [0.15, 0.2) is 23.3 Å². The maximum absolute atomic E-state index is 12.4. The predicted molar refractivity (Wildman–Crippen MR) is 89.0 cm³/mol. The Balaban J connectivity index is 1.59. The molecular formula is C17H21N5O2. The van der Waals surface area contributed by atoms with Gasteiger partial charge in [-0.25, -0.2) is 14.6 Å². The van der Waals surface area contributed by atoms with Crippen molar-refractivity contribution in [1.29, 1.82) is 0 Å². The number of nitrogens with zero attached hydrogens (tertiary/aromatic N) is 5. The van der Waals surface area contributed by atoms with E-state index in [4.69, 9.17) is 4.74 Å². The molecule has 7 heteroatoms. The maximum atomic E-state index is 12.4. The number of ether oxygens (including phenoxy) is 1. The van der Waals surface area contributed by atoms with Gasteiger partial charge in [-0.1, -0.05) is 0 Å². The summed E-state index contributed by atoms with van der Waals surface area (Å²) in [5.74, 6) is 0.935. The molecule has 0 aliphatic carbocycles. The van der Waals surface area contributed by atoms with Crippen molar-refractivity contribution >= 4 is 5.82 Å². The lowest BCUT2D eigenvalue weighted by molar-refractivity contribution is 0.108. The molecule has 0 saturated carbocycles. The quantitative estimate of drug-likeness (QED) is 0.840. The zero-order valence-corrected chi connectivity index (χ0v) is 13.8. The second-order valence-electron chi connectivity index (χ2n) is 6.45. The van der Waals surface area contributed by atoms with Gasteiger partial charge in [0.1, 0.15) is 12.1 Å². The molecule has 1 saturated heterocycles. The lowest BCUT2D eigenvalue weighted by atomic mass is 10.1. The summed E-state index contributed by atoms with van der Waals surface area (Å²) in [4.78, 5) is 23.2. The molecule has 2 aromatic rings. The summed E-state index contributed by atoms with van der Waals surface area (Å²) < 4.78 is 7.01. The second kappa shape index (κ2) is 6.32. The van der Waals surface area contributed by atoms with Crippen molar-refractivity contribution in [3.63, 3.8) is 0 Å². The maximum Gasteiger partial charge on any atom is 0.267 e. The van der Waals surface area contributed by atoms with Crippen LogP contribution in [0, 0.1) is 6.92 Å². The number of aryl methyl sites for hydroxylation is 1. The van der Waals surface area contributed by atoms with Gasteiger partial charge in [-0.3, -0.25) is 4.79 Å². The largest absolute Gasteiger partial charge is 0.376 e. The van der Waals surface area contributed by atoms with Crippen LogP contribution in [0.4, 0.5) is 5.82 Å². The molecule has 1 unspecified atom stereocenters. The standard InChI is InChI=1S/C17H21N5O2/c1-12-7-16(19-11-18-12)21-5-2-3-14(21)9-22-17(23)8-13-10-24-6-4-15(13)20-22/h7-8,11,14H,2-6,9-10H2,1H3. The third-order valence-corrected chi connectivity index (χ3v) is 4.75. The lowest BCUT2D eigenvalue weighted by Gasteiger charge is -2.26. The minimum Gasteiger partial charge on any atom is -0.376 e. The molecule has 0 amide bonds. The first kappa shape index (κ1) is 15.3. The first-order valence-electron chi connectivity index (χ1n) is 8.43. The van der Waals surface area contributed by atoms with Gasteiger partial charge in [-0.05, 0) is 19.8 Å². The first-order valence-corrected chi connectivity index (χ1v) is 8.43. The molecule has 0 radical (unpaired) electrons. The zero-order chi connectivity index (χ0) is 16.5. The van der Waals surface area contributed by atoms with Gasteiger partial charge in [-0.15, -0.1) is 0 Å². The summed E-state index contributed by atoms with van der Waals surface area (Å²) in [5.41, 5.74) is 2.82. The van der Waals surface area contributed by atoms with Gasteiger partial charge in [0.2, 0.25) is 0 Å². The van der Waals surface area contributed by atoms with Crippen molar-refractivity contribution in [3.05, 3.63) is 45.8 Å². The first-order chi connectivity index (χ1) is 11.7. The monoisotopic (exact) mass is 327 g/mol. The van der Waals surface area contributed by atoms with E-state index in [1.54, 1.807) is 17.1 Å². The molecule has 1 fully saturated rings. The van der Waals surface area contributed by atoms with Gasteiger partial charge < -0.3 is 9.64 Å². The Morgan fingerprint density at radius 2 is 2.25 bits per heavy atom. The molecule has 24 heavy (non-hydrogen) atoms. The number of rotatable bonds is 3. The fraction of sp³-hybridized carbons (Fsp3) is 0.529. The molecule has 2 aliphatic rings. The molecule has 2 aromatic heterocycles. The SMILES string of the molecule is Cc1cc(N2CCCC2Cn2nc3c(cc2=O)COCC3)ncn1. The van der Waals surface area contributed by atoms with Crippen molar-refractivity contribution in [2.24, 2.45) is 0 Å². The third kappa shape index (κ3) is 2.91. The van der Waals surface area contributed by atoms with Gasteiger partial charge in [0.25, 0.3) is 5.56 Å². The van der Waals surface area contributed by atoms with Crippen LogP contribution in [0.5, 0.6) is 0 Å². The van der Waals surface area contributed by atoms with Crippen LogP contribution in [0.2, 0.25) is 0 Å². The highest BCUT2D eigenvalue weighted by atomic mass is 16.5. The van der Waals surface area contributed by atoms with Crippen LogP contribution in [0.25, 0.3) is 0 Å². The summed E-state index contributed by atoms with van der Waals surface area (Å²) in [6, 6.07) is 3.91. The molecule has 0 N–H and O–H groups in total. The Labute approximate surface area is 140 Å². The Hall–Kier alpha value is -2.28. The number of anilines is 1. The Morgan fingerprint density at radius 3 is 3.12 bits per heavy atom. The van der Waals surface area contributed by atoms with Crippen molar-refractivity contribution < 1.29 is 4.74 Å². The fourth-order valence-electron chi connectivity index (χ4n) is 3.51. The molecular weight excluding hydrogens is 306 g/mol. The fourth-order valence-corrected chi connectivity index (χ4v) is 3.51. The summed E-state index contributed by atoms with van der Waals surface area (Å²) in [5, 5.41) is 4.59. The van der Waals surface area contributed by atoms with Crippen LogP contribution in [0.3, 0.4) is 0 Å². The van der Waals surface area contributed by atoms with Crippen molar-refractivity contribution in [1.82, 2.24) is 19.7 Å². The van der Waals surface area contributed by atoms with Crippen LogP contribution >= 0.6 is 0 Å². The highest BCUT2D eigenvalue weighted by molar-refractivity contribution is 5.41. The normalized spacial score (nSPS) is 20.2. The molecule has 7 nitrogen and oxygen atoms in total. The minimum atomic E-state index is -0.0510. The van der Waals surface area contributed by atoms with E-state index in [0.29, 0.717) is 19.8 Å². The molecule has 2 aliphatic heterocycles. The van der Waals surface area contributed by atoms with Crippen LogP contribution in [-0.2, 0) is 24.3 Å². The van der Waals surface area contributed by atoms with E-state index in [9.17, 15) is 4.79 Å². The molecule has 0 spiro atoms. The van der Waals surface area contributed by atoms with Gasteiger partial charge in [-0.2, -0.15) is 5.10 Å². The molecule has 4 rings (SSSR count). The van der Waals surface area contributed by atoms with E-state index in [1.165, 1.54) is 0 Å². The molecule has 1 atom stereocenters. The van der Waals surface area contributed by atoms with Crippen molar-refractivity contribution in [2.45, 2.75) is 45.4 Å². The van der Waals surface area contributed by atoms with Crippen LogP contribution in [0.1, 0.15) is 29.8 Å². The molecule has 4 heterocycles. The molecule has 0 aromatic carbocycles. The number of fused-ring (bicyclic) bond motifs is 1. The van der Waals surface area contributed by atoms with Crippen molar-refractivity contribution in [3.8, 4) is 0 Å². The Kier molecular flexibility index (Phi) is 4.02. The van der Waals surface area contributed by atoms with E-state index in [1.807, 2.05) is 13.0 Å². The van der Waals surface area contributed by atoms with E-state index in [0.717, 1.165) is 48.6 Å². The van der Waals surface area contributed by atoms with E-state index in [2.05, 4.69) is 20.0 Å². The average Bonchev–Trinajstić information content (AvgIpc) is 3.04. The minimum absolute atomic E-state index is 0.0510. The highest BCUT2D eigenvalue weighted by Crippen LogP contribution is 2.24.